The second kappa shape index (κ2) is 7.99. The van der Waals surface area contributed by atoms with Crippen LogP contribution < -0.4 is 10.6 Å². The van der Waals surface area contributed by atoms with E-state index in [-0.39, 0.29) is 11.9 Å². The average molecular weight is 330 g/mol. The molecule has 1 amide bonds. The van der Waals surface area contributed by atoms with Gasteiger partial charge < -0.3 is 10.6 Å². The van der Waals surface area contributed by atoms with E-state index in [4.69, 9.17) is 23.2 Å². The highest BCUT2D eigenvalue weighted by molar-refractivity contribution is 6.42. The van der Waals surface area contributed by atoms with Gasteiger partial charge in [-0.05, 0) is 44.1 Å². The number of carbonyl (C=O) groups excluding carboxylic acids is 1. The topological polar surface area (TPSA) is 44.4 Å². The molecule has 21 heavy (non-hydrogen) atoms. The second-order valence-corrected chi connectivity index (χ2v) is 6.16. The molecule has 1 heterocycles. The van der Waals surface area contributed by atoms with E-state index in [1.807, 2.05) is 13.0 Å². The molecule has 1 aromatic rings. The zero-order valence-corrected chi connectivity index (χ0v) is 13.7. The van der Waals surface area contributed by atoms with Crippen molar-refractivity contribution in [2.45, 2.75) is 19.4 Å². The number of halogens is 2. The Kier molecular flexibility index (Phi) is 6.30. The van der Waals surface area contributed by atoms with E-state index in [0.717, 1.165) is 38.2 Å². The molecule has 1 fully saturated rings. The summed E-state index contributed by atoms with van der Waals surface area (Å²) in [6, 6.07) is 5.35. The highest BCUT2D eigenvalue weighted by Crippen LogP contribution is 2.25. The molecule has 0 aromatic heterocycles. The van der Waals surface area contributed by atoms with Gasteiger partial charge in [0.1, 0.15) is 0 Å². The van der Waals surface area contributed by atoms with Gasteiger partial charge in [-0.2, -0.15) is 0 Å². The Morgan fingerprint density at radius 3 is 2.90 bits per heavy atom. The number of nitrogens with zero attached hydrogens (tertiary/aromatic N) is 1. The summed E-state index contributed by atoms with van der Waals surface area (Å²) in [6.45, 7) is 6.22. The third-order valence-corrected chi connectivity index (χ3v) is 4.36. The summed E-state index contributed by atoms with van der Waals surface area (Å²) in [5.41, 5.74) is 0.954. The van der Waals surface area contributed by atoms with E-state index >= 15 is 0 Å². The standard InChI is InChI=1S/C15H21Cl2N3O/c1-11(12-3-4-13(16)14(17)9-12)19-15(21)10-20-7-2-5-18-6-8-20/h3-4,9,11,18H,2,5-8,10H2,1H3,(H,19,21). The summed E-state index contributed by atoms with van der Waals surface area (Å²) in [6.07, 6.45) is 1.08. The van der Waals surface area contributed by atoms with Gasteiger partial charge in [0.15, 0.2) is 0 Å². The van der Waals surface area contributed by atoms with Gasteiger partial charge in [-0.1, -0.05) is 29.3 Å². The van der Waals surface area contributed by atoms with Crippen LogP contribution in [0.3, 0.4) is 0 Å². The predicted octanol–water partition coefficient (Wildman–Crippen LogP) is 2.47. The van der Waals surface area contributed by atoms with E-state index in [0.29, 0.717) is 16.6 Å². The van der Waals surface area contributed by atoms with E-state index < -0.39 is 0 Å². The van der Waals surface area contributed by atoms with Crippen molar-refractivity contribution < 1.29 is 4.79 Å². The molecule has 1 aliphatic heterocycles. The lowest BCUT2D eigenvalue weighted by Crippen LogP contribution is -2.39. The minimum absolute atomic E-state index is 0.0375. The Bertz CT molecular complexity index is 488. The molecular weight excluding hydrogens is 309 g/mol. The smallest absolute Gasteiger partial charge is 0.234 e. The first-order valence-electron chi connectivity index (χ1n) is 7.23. The van der Waals surface area contributed by atoms with Gasteiger partial charge in [-0.3, -0.25) is 9.69 Å². The highest BCUT2D eigenvalue weighted by atomic mass is 35.5. The first-order chi connectivity index (χ1) is 10.1. The van der Waals surface area contributed by atoms with Crippen molar-refractivity contribution in [2.24, 2.45) is 0 Å². The Labute approximate surface area is 135 Å². The first kappa shape index (κ1) is 16.6. The number of hydrogen-bond acceptors (Lipinski definition) is 3. The van der Waals surface area contributed by atoms with Crippen molar-refractivity contribution in [2.75, 3.05) is 32.7 Å². The molecule has 1 atom stereocenters. The van der Waals surface area contributed by atoms with Crippen molar-refractivity contribution >= 4 is 29.1 Å². The van der Waals surface area contributed by atoms with Gasteiger partial charge in [0.2, 0.25) is 5.91 Å². The molecule has 0 radical (unpaired) electrons. The lowest BCUT2D eigenvalue weighted by molar-refractivity contribution is -0.122. The fourth-order valence-electron chi connectivity index (χ4n) is 2.42. The van der Waals surface area contributed by atoms with Crippen LogP contribution in [0.1, 0.15) is 24.9 Å². The molecule has 4 nitrogen and oxygen atoms in total. The number of rotatable bonds is 4. The van der Waals surface area contributed by atoms with Gasteiger partial charge in [0.25, 0.3) is 0 Å². The van der Waals surface area contributed by atoms with Crippen LogP contribution in [0.15, 0.2) is 18.2 Å². The normalized spacial score (nSPS) is 18.0. The summed E-state index contributed by atoms with van der Waals surface area (Å²) in [5.74, 6) is 0.0375. The largest absolute Gasteiger partial charge is 0.348 e. The maximum Gasteiger partial charge on any atom is 0.234 e. The number of carbonyl (C=O) groups is 1. The highest BCUT2D eigenvalue weighted by Gasteiger charge is 2.15. The predicted molar refractivity (Wildman–Crippen MR) is 86.9 cm³/mol. The molecule has 0 bridgehead atoms. The van der Waals surface area contributed by atoms with Crippen LogP contribution in [0.25, 0.3) is 0 Å². The number of nitrogens with one attached hydrogen (secondary N) is 2. The molecule has 1 aliphatic rings. The Balaban J connectivity index is 1.87. The van der Waals surface area contributed by atoms with E-state index in [1.165, 1.54) is 0 Å². The van der Waals surface area contributed by atoms with Crippen molar-refractivity contribution in [1.82, 2.24) is 15.5 Å². The third-order valence-electron chi connectivity index (χ3n) is 3.62. The van der Waals surface area contributed by atoms with E-state index in [2.05, 4.69) is 15.5 Å². The molecule has 0 spiro atoms. The van der Waals surface area contributed by atoms with Crippen LogP contribution in [-0.4, -0.2) is 43.5 Å². The van der Waals surface area contributed by atoms with Crippen LogP contribution >= 0.6 is 23.2 Å². The van der Waals surface area contributed by atoms with Crippen molar-refractivity contribution in [3.8, 4) is 0 Å². The van der Waals surface area contributed by atoms with Gasteiger partial charge in [-0.15, -0.1) is 0 Å². The van der Waals surface area contributed by atoms with Gasteiger partial charge in [0, 0.05) is 13.1 Å². The summed E-state index contributed by atoms with van der Waals surface area (Å²) in [7, 11) is 0. The summed E-state index contributed by atoms with van der Waals surface area (Å²) >= 11 is 11.9. The van der Waals surface area contributed by atoms with E-state index in [9.17, 15) is 4.79 Å². The Hall–Kier alpha value is -0.810. The summed E-state index contributed by atoms with van der Waals surface area (Å²) in [4.78, 5) is 14.3. The van der Waals surface area contributed by atoms with Crippen LogP contribution in [0.4, 0.5) is 0 Å². The lowest BCUT2D eigenvalue weighted by Gasteiger charge is -2.21. The van der Waals surface area contributed by atoms with Crippen LogP contribution in [0, 0.1) is 0 Å². The summed E-state index contributed by atoms with van der Waals surface area (Å²) in [5, 5.41) is 7.37. The number of benzene rings is 1. The molecule has 116 valence electrons. The molecule has 1 unspecified atom stereocenters. The molecule has 0 saturated carbocycles. The van der Waals surface area contributed by atoms with Crippen molar-refractivity contribution in [3.63, 3.8) is 0 Å². The third kappa shape index (κ3) is 5.15. The molecule has 2 N–H and O–H groups in total. The maximum atomic E-state index is 12.1. The molecule has 0 aliphatic carbocycles. The fourth-order valence-corrected chi connectivity index (χ4v) is 2.72. The van der Waals surface area contributed by atoms with Crippen molar-refractivity contribution in [3.05, 3.63) is 33.8 Å². The molecule has 1 aromatic carbocycles. The molecule has 1 saturated heterocycles. The molecule has 6 heteroatoms. The first-order valence-corrected chi connectivity index (χ1v) is 7.99. The zero-order chi connectivity index (χ0) is 15.2. The Morgan fingerprint density at radius 2 is 2.14 bits per heavy atom. The van der Waals surface area contributed by atoms with Crippen LogP contribution in [-0.2, 0) is 4.79 Å². The SMILES string of the molecule is CC(NC(=O)CN1CCCNCC1)c1ccc(Cl)c(Cl)c1. The van der Waals surface area contributed by atoms with Gasteiger partial charge >= 0.3 is 0 Å². The van der Waals surface area contributed by atoms with Crippen molar-refractivity contribution in [1.29, 1.82) is 0 Å². The summed E-state index contributed by atoms with van der Waals surface area (Å²) < 4.78 is 0. The maximum absolute atomic E-state index is 12.1. The quantitative estimate of drug-likeness (QED) is 0.891. The molecule has 2 rings (SSSR count). The minimum atomic E-state index is -0.0858. The Morgan fingerprint density at radius 1 is 1.33 bits per heavy atom. The average Bonchev–Trinajstić information content (AvgIpc) is 2.70. The number of hydrogen-bond donors (Lipinski definition) is 2. The monoisotopic (exact) mass is 329 g/mol. The second-order valence-electron chi connectivity index (χ2n) is 5.34. The van der Waals surface area contributed by atoms with E-state index in [1.54, 1.807) is 12.1 Å². The lowest BCUT2D eigenvalue weighted by atomic mass is 10.1. The zero-order valence-electron chi connectivity index (χ0n) is 12.2. The van der Waals surface area contributed by atoms with Gasteiger partial charge in [0.05, 0.1) is 22.6 Å². The van der Waals surface area contributed by atoms with Crippen LogP contribution in [0.2, 0.25) is 10.0 Å². The minimum Gasteiger partial charge on any atom is -0.348 e. The van der Waals surface area contributed by atoms with Gasteiger partial charge in [-0.25, -0.2) is 0 Å². The fraction of sp³-hybridized carbons (Fsp3) is 0.533. The number of amides is 1. The molecular formula is C15H21Cl2N3O. The van der Waals surface area contributed by atoms with Crippen LogP contribution in [0.5, 0.6) is 0 Å².